The summed E-state index contributed by atoms with van der Waals surface area (Å²) < 4.78 is 5.87. The third kappa shape index (κ3) is 13.3. The molecule has 1 amide bonds. The van der Waals surface area contributed by atoms with E-state index in [1.54, 1.807) is 12.1 Å². The molecule has 7 heteroatoms. The number of fused-ring (bicyclic) bond motifs is 1. The van der Waals surface area contributed by atoms with E-state index < -0.39 is 6.10 Å². The molecular weight excluding hydrogens is 510 g/mol. The number of hydrogen-bond donors (Lipinski definition) is 4. The Hall–Kier alpha value is -1.96. The molecule has 0 fully saturated rings. The Labute approximate surface area is 239 Å². The van der Waals surface area contributed by atoms with Gasteiger partial charge < -0.3 is 25.4 Å². The van der Waals surface area contributed by atoms with Crippen molar-refractivity contribution in [3.8, 4) is 11.5 Å². The topological polar surface area (TPSA) is 99.0 Å². The summed E-state index contributed by atoms with van der Waals surface area (Å²) in [6, 6.07) is 8.80. The molecule has 39 heavy (non-hydrogen) atoms. The molecule has 6 nitrogen and oxygen atoms in total. The van der Waals surface area contributed by atoms with Crippen molar-refractivity contribution >= 4 is 28.4 Å². The molecule has 0 bridgehead atoms. The number of ether oxygens (including phenoxy) is 1. The van der Waals surface area contributed by atoms with E-state index in [0.29, 0.717) is 34.6 Å². The van der Waals surface area contributed by atoms with Gasteiger partial charge in [0, 0.05) is 28.8 Å². The van der Waals surface area contributed by atoms with Crippen molar-refractivity contribution in [2.45, 2.75) is 103 Å². The maximum absolute atomic E-state index is 12.9. The first-order valence-electron chi connectivity index (χ1n) is 15.1. The molecule has 1 atom stereocenters. The van der Waals surface area contributed by atoms with Gasteiger partial charge in [0.25, 0.3) is 5.91 Å². The minimum Gasteiger partial charge on any atom is -0.506 e. The fourth-order valence-electron chi connectivity index (χ4n) is 4.75. The Morgan fingerprint density at radius 1 is 0.897 bits per heavy atom. The van der Waals surface area contributed by atoms with Gasteiger partial charge in [0.15, 0.2) is 0 Å². The van der Waals surface area contributed by atoms with Crippen LogP contribution in [0.15, 0.2) is 30.3 Å². The maximum atomic E-state index is 12.9. The maximum Gasteiger partial charge on any atom is 0.255 e. The van der Waals surface area contributed by atoms with Crippen molar-refractivity contribution in [2.24, 2.45) is 0 Å². The molecule has 4 N–H and O–H groups in total. The Bertz CT molecular complexity index is 938. The predicted molar refractivity (Wildman–Crippen MR) is 164 cm³/mol. The second-order valence-corrected chi connectivity index (χ2v) is 11.6. The number of phenolic OH excluding ortho intramolecular Hbond substituents is 1. The lowest BCUT2D eigenvalue weighted by Crippen LogP contribution is -2.25. The number of hydrogen-bond acceptors (Lipinski definition) is 6. The molecule has 2 aromatic rings. The highest BCUT2D eigenvalue weighted by molar-refractivity contribution is 7.99. The average Bonchev–Trinajstić information content (AvgIpc) is 2.95. The smallest absolute Gasteiger partial charge is 0.255 e. The molecule has 0 radical (unpaired) electrons. The Morgan fingerprint density at radius 2 is 1.46 bits per heavy atom. The molecule has 2 aromatic carbocycles. The van der Waals surface area contributed by atoms with Crippen LogP contribution in [0.1, 0.15) is 107 Å². The van der Waals surface area contributed by atoms with Crippen LogP contribution in [0, 0.1) is 0 Å². The van der Waals surface area contributed by atoms with E-state index in [1.807, 2.05) is 18.2 Å². The van der Waals surface area contributed by atoms with Gasteiger partial charge in [0.2, 0.25) is 0 Å². The number of carbonyl (C=O) groups excluding carboxylic acids is 1. The lowest BCUT2D eigenvalue weighted by atomic mass is 10.0. The number of nitrogens with one attached hydrogen (secondary N) is 1. The molecule has 0 aliphatic rings. The zero-order chi connectivity index (χ0) is 28.1. The van der Waals surface area contributed by atoms with Crippen LogP contribution in [0.3, 0.4) is 0 Å². The van der Waals surface area contributed by atoms with Crippen LogP contribution >= 0.6 is 11.8 Å². The van der Waals surface area contributed by atoms with Crippen LogP contribution in [0.2, 0.25) is 0 Å². The zero-order valence-corrected chi connectivity index (χ0v) is 24.8. The standard InChI is InChI=1S/C32H51NO5S/c1-2-3-4-5-6-7-8-9-10-11-12-13-14-17-20-33-32(37)29-23-30(38-24-26(35)25-39-22-21-34)27-18-15-16-19-28(27)31(29)36/h15-16,18-19,23,26,34-36H,2-14,17,20-22,24-25H2,1H3,(H,33,37). The number of aliphatic hydroxyl groups excluding tert-OH is 2. The SMILES string of the molecule is CCCCCCCCCCCCCCCCNC(=O)c1cc(OCC(O)CSCCO)c2ccccc2c1O. The summed E-state index contributed by atoms with van der Waals surface area (Å²) in [4.78, 5) is 12.9. The molecule has 2 rings (SSSR count). The Morgan fingerprint density at radius 3 is 2.05 bits per heavy atom. The van der Waals surface area contributed by atoms with E-state index in [4.69, 9.17) is 9.84 Å². The van der Waals surface area contributed by atoms with Crippen molar-refractivity contribution in [2.75, 3.05) is 31.3 Å². The van der Waals surface area contributed by atoms with Gasteiger partial charge in [-0.15, -0.1) is 0 Å². The molecule has 0 saturated heterocycles. The summed E-state index contributed by atoms with van der Waals surface area (Å²) in [6.07, 6.45) is 17.4. The summed E-state index contributed by atoms with van der Waals surface area (Å²) in [6.45, 7) is 2.96. The first-order valence-corrected chi connectivity index (χ1v) is 16.3. The first-order chi connectivity index (χ1) is 19.1. The number of benzene rings is 2. The van der Waals surface area contributed by atoms with Crippen LogP contribution in [-0.4, -0.2) is 58.6 Å². The quantitative estimate of drug-likeness (QED) is 0.107. The Kier molecular flexibility index (Phi) is 17.8. The first kappa shape index (κ1) is 33.2. The lowest BCUT2D eigenvalue weighted by molar-refractivity contribution is 0.0949. The number of phenols is 1. The van der Waals surface area contributed by atoms with E-state index in [-0.39, 0.29) is 30.4 Å². The molecule has 1 unspecified atom stereocenters. The van der Waals surface area contributed by atoms with Gasteiger partial charge in [-0.05, 0) is 12.5 Å². The molecule has 0 saturated carbocycles. The fraction of sp³-hybridized carbons (Fsp3) is 0.656. The van der Waals surface area contributed by atoms with Gasteiger partial charge in [0.05, 0.1) is 18.3 Å². The highest BCUT2D eigenvalue weighted by Gasteiger charge is 2.18. The molecule has 0 spiro atoms. The summed E-state index contributed by atoms with van der Waals surface area (Å²) in [5.74, 6) is 1.08. The van der Waals surface area contributed by atoms with E-state index in [0.717, 1.165) is 12.8 Å². The molecule has 0 heterocycles. The zero-order valence-electron chi connectivity index (χ0n) is 24.0. The normalized spacial score (nSPS) is 12.1. The van der Waals surface area contributed by atoms with Gasteiger partial charge in [-0.3, -0.25) is 4.79 Å². The third-order valence-corrected chi connectivity index (χ3v) is 8.11. The van der Waals surface area contributed by atoms with Gasteiger partial charge in [-0.2, -0.15) is 11.8 Å². The summed E-state index contributed by atoms with van der Waals surface area (Å²) in [5.41, 5.74) is 0.179. The summed E-state index contributed by atoms with van der Waals surface area (Å²) >= 11 is 1.45. The third-order valence-electron chi connectivity index (χ3n) is 7.02. The van der Waals surface area contributed by atoms with Crippen molar-refractivity contribution in [3.05, 3.63) is 35.9 Å². The van der Waals surface area contributed by atoms with Gasteiger partial charge in [0.1, 0.15) is 18.1 Å². The van der Waals surface area contributed by atoms with Gasteiger partial charge in [-0.1, -0.05) is 115 Å². The van der Waals surface area contributed by atoms with E-state index in [9.17, 15) is 15.0 Å². The van der Waals surface area contributed by atoms with E-state index >= 15 is 0 Å². The van der Waals surface area contributed by atoms with Crippen LogP contribution < -0.4 is 10.1 Å². The molecule has 220 valence electrons. The van der Waals surface area contributed by atoms with Gasteiger partial charge in [-0.25, -0.2) is 0 Å². The van der Waals surface area contributed by atoms with Crippen LogP contribution in [-0.2, 0) is 0 Å². The van der Waals surface area contributed by atoms with E-state index in [1.165, 1.54) is 88.8 Å². The van der Waals surface area contributed by atoms with Crippen molar-refractivity contribution < 1.29 is 24.9 Å². The lowest BCUT2D eigenvalue weighted by Gasteiger charge is -2.16. The number of unbranched alkanes of at least 4 members (excludes halogenated alkanes) is 13. The van der Waals surface area contributed by atoms with Crippen molar-refractivity contribution in [3.63, 3.8) is 0 Å². The van der Waals surface area contributed by atoms with Crippen LogP contribution in [0.25, 0.3) is 10.8 Å². The molecule has 0 aliphatic heterocycles. The molecule has 0 aliphatic carbocycles. The Balaban J connectivity index is 1.70. The van der Waals surface area contributed by atoms with E-state index in [2.05, 4.69) is 12.2 Å². The molecular formula is C32H51NO5S. The van der Waals surface area contributed by atoms with Crippen LogP contribution in [0.5, 0.6) is 11.5 Å². The predicted octanol–water partition coefficient (Wildman–Crippen LogP) is 7.22. The van der Waals surface area contributed by atoms with Crippen LogP contribution in [0.4, 0.5) is 0 Å². The van der Waals surface area contributed by atoms with Gasteiger partial charge >= 0.3 is 0 Å². The highest BCUT2D eigenvalue weighted by Crippen LogP contribution is 2.36. The van der Waals surface area contributed by atoms with Crippen molar-refractivity contribution in [1.29, 1.82) is 0 Å². The minimum absolute atomic E-state index is 0.0598. The monoisotopic (exact) mass is 561 g/mol. The fourth-order valence-corrected chi connectivity index (χ4v) is 5.42. The average molecular weight is 562 g/mol. The number of carbonyl (C=O) groups is 1. The second-order valence-electron chi connectivity index (χ2n) is 10.4. The number of rotatable bonds is 23. The minimum atomic E-state index is -0.702. The largest absolute Gasteiger partial charge is 0.506 e. The number of aliphatic hydroxyl groups is 2. The highest BCUT2D eigenvalue weighted by atomic mass is 32.2. The number of thioether (sulfide) groups is 1. The summed E-state index contributed by atoms with van der Waals surface area (Å²) in [7, 11) is 0. The second kappa shape index (κ2) is 20.9. The number of aromatic hydroxyl groups is 1. The van der Waals surface area contributed by atoms with Crippen molar-refractivity contribution in [1.82, 2.24) is 5.32 Å². The number of amides is 1. The molecule has 0 aromatic heterocycles. The summed E-state index contributed by atoms with van der Waals surface area (Å²) in [5, 5.41) is 34.1.